The van der Waals surface area contributed by atoms with Gasteiger partial charge >= 0.3 is 0 Å². The van der Waals surface area contributed by atoms with Crippen molar-refractivity contribution in [2.24, 2.45) is 0 Å². The fourth-order valence-electron chi connectivity index (χ4n) is 0.613. The van der Waals surface area contributed by atoms with Crippen LogP contribution in [0.3, 0.4) is 0 Å². The molecule has 1 heterocycles. The Morgan fingerprint density at radius 2 is 2.45 bits per heavy atom. The maximum Gasteiger partial charge on any atom is 0.178 e. The van der Waals surface area contributed by atoms with Gasteiger partial charge in [-0.25, -0.2) is 0 Å². The van der Waals surface area contributed by atoms with E-state index in [-0.39, 0.29) is 0 Å². The predicted octanol–water partition coefficient (Wildman–Crippen LogP) is 0.615. The van der Waals surface area contributed by atoms with Crippen molar-refractivity contribution in [3.8, 4) is 5.75 Å². The van der Waals surface area contributed by atoms with E-state index in [0.29, 0.717) is 12.4 Å². The highest BCUT2D eigenvalue weighted by Gasteiger charge is 1.95. The molecule has 62 valence electrons. The first-order chi connectivity index (χ1) is 5.29. The smallest absolute Gasteiger partial charge is 0.178 e. The van der Waals surface area contributed by atoms with E-state index in [2.05, 4.69) is 9.68 Å². The molecule has 0 aromatic carbocycles. The largest absolute Gasteiger partial charge is 0.487 e. The molecule has 0 N–H and O–H groups in total. The normalized spacial score (nSPS) is 10.5. The summed E-state index contributed by atoms with van der Waals surface area (Å²) < 4.78 is 9.84. The van der Waals surface area contributed by atoms with Gasteiger partial charge in [-0.3, -0.25) is 0 Å². The van der Waals surface area contributed by atoms with E-state index in [0.717, 1.165) is 6.54 Å². The van der Waals surface area contributed by atoms with Crippen LogP contribution >= 0.6 is 0 Å². The van der Waals surface area contributed by atoms with Crippen molar-refractivity contribution in [2.75, 3.05) is 27.2 Å². The molecule has 1 rings (SSSR count). The van der Waals surface area contributed by atoms with E-state index in [1.54, 1.807) is 6.20 Å². The van der Waals surface area contributed by atoms with Gasteiger partial charge in [0.05, 0.1) is 0 Å². The number of ether oxygens (including phenoxy) is 1. The summed E-state index contributed by atoms with van der Waals surface area (Å²) in [6.07, 6.45) is 3.03. The monoisotopic (exact) mass is 156 g/mol. The summed E-state index contributed by atoms with van der Waals surface area (Å²) in [5.41, 5.74) is 0. The number of aromatic nitrogens is 1. The minimum atomic E-state index is 0.661. The zero-order valence-corrected chi connectivity index (χ0v) is 6.78. The first kappa shape index (κ1) is 8.07. The van der Waals surface area contributed by atoms with Crippen LogP contribution < -0.4 is 4.74 Å². The summed E-state index contributed by atoms with van der Waals surface area (Å²) in [6.45, 7) is 1.55. The van der Waals surface area contributed by atoms with Gasteiger partial charge in [0.1, 0.15) is 12.8 Å². The number of nitrogens with zero attached hydrogens (tertiary/aromatic N) is 2. The lowest BCUT2D eigenvalue weighted by Gasteiger charge is -2.08. The van der Waals surface area contributed by atoms with Crippen molar-refractivity contribution in [2.45, 2.75) is 0 Å². The molecule has 0 saturated carbocycles. The predicted molar refractivity (Wildman–Crippen MR) is 40.6 cm³/mol. The highest BCUT2D eigenvalue weighted by Crippen LogP contribution is 2.06. The number of rotatable bonds is 4. The summed E-state index contributed by atoms with van der Waals surface area (Å²) in [5.74, 6) is 0.687. The molecule has 0 aliphatic carbocycles. The lowest BCUT2D eigenvalue weighted by atomic mass is 10.6. The van der Waals surface area contributed by atoms with Crippen LogP contribution in [-0.2, 0) is 0 Å². The van der Waals surface area contributed by atoms with Gasteiger partial charge < -0.3 is 14.2 Å². The molecule has 0 fully saturated rings. The molecule has 0 aliphatic rings. The Bertz CT molecular complexity index is 184. The van der Waals surface area contributed by atoms with Crippen molar-refractivity contribution in [3.05, 3.63) is 12.5 Å². The number of likely N-dealkylation sites (N-methyl/N-ethyl adjacent to an activating group) is 1. The van der Waals surface area contributed by atoms with Crippen molar-refractivity contribution in [1.82, 2.24) is 10.1 Å². The Morgan fingerprint density at radius 1 is 1.64 bits per heavy atom. The molecule has 0 atom stereocenters. The van der Waals surface area contributed by atoms with Gasteiger partial charge in [0.15, 0.2) is 12.0 Å². The lowest BCUT2D eigenvalue weighted by molar-refractivity contribution is 0.259. The SMILES string of the molecule is CN(C)CCOc1cnoc1. The van der Waals surface area contributed by atoms with Crippen LogP contribution in [0.1, 0.15) is 0 Å². The molecular formula is C7H12N2O2. The summed E-state index contributed by atoms with van der Waals surface area (Å²) >= 11 is 0. The zero-order valence-electron chi connectivity index (χ0n) is 6.78. The molecule has 1 aromatic rings. The number of hydrogen-bond acceptors (Lipinski definition) is 4. The van der Waals surface area contributed by atoms with Gasteiger partial charge in [0.2, 0.25) is 0 Å². The molecule has 0 radical (unpaired) electrons. The third-order valence-electron chi connectivity index (χ3n) is 1.22. The molecule has 0 spiro atoms. The third kappa shape index (κ3) is 3.04. The average molecular weight is 156 g/mol. The van der Waals surface area contributed by atoms with E-state index >= 15 is 0 Å². The highest BCUT2D eigenvalue weighted by molar-refractivity contribution is 5.07. The molecule has 1 aromatic heterocycles. The van der Waals surface area contributed by atoms with E-state index in [1.165, 1.54) is 6.26 Å². The second-order valence-corrected chi connectivity index (χ2v) is 2.51. The Hall–Kier alpha value is -1.03. The molecule has 0 aliphatic heterocycles. The van der Waals surface area contributed by atoms with Gasteiger partial charge in [0, 0.05) is 6.54 Å². The number of hydrogen-bond donors (Lipinski definition) is 0. The van der Waals surface area contributed by atoms with Crippen LogP contribution in [0, 0.1) is 0 Å². The maximum atomic E-state index is 5.26. The molecule has 0 amide bonds. The van der Waals surface area contributed by atoms with Crippen LogP contribution in [0.15, 0.2) is 17.0 Å². The van der Waals surface area contributed by atoms with Gasteiger partial charge in [-0.1, -0.05) is 5.16 Å². The van der Waals surface area contributed by atoms with Crippen LogP contribution in [0.2, 0.25) is 0 Å². The molecular weight excluding hydrogens is 144 g/mol. The quantitative estimate of drug-likeness (QED) is 0.640. The Morgan fingerprint density at radius 3 is 3.00 bits per heavy atom. The molecule has 0 saturated heterocycles. The topological polar surface area (TPSA) is 38.5 Å². The van der Waals surface area contributed by atoms with Crippen molar-refractivity contribution in [3.63, 3.8) is 0 Å². The highest BCUT2D eigenvalue weighted by atomic mass is 16.5. The van der Waals surface area contributed by atoms with E-state index in [9.17, 15) is 0 Å². The maximum absolute atomic E-state index is 5.26. The fourth-order valence-corrected chi connectivity index (χ4v) is 0.613. The van der Waals surface area contributed by atoms with Crippen LogP contribution in [0.25, 0.3) is 0 Å². The second-order valence-electron chi connectivity index (χ2n) is 2.51. The molecule has 0 unspecified atom stereocenters. The minimum Gasteiger partial charge on any atom is -0.487 e. The molecule has 11 heavy (non-hydrogen) atoms. The first-order valence-electron chi connectivity index (χ1n) is 3.46. The molecule has 0 bridgehead atoms. The fraction of sp³-hybridized carbons (Fsp3) is 0.571. The van der Waals surface area contributed by atoms with E-state index < -0.39 is 0 Å². The third-order valence-corrected chi connectivity index (χ3v) is 1.22. The summed E-state index contributed by atoms with van der Waals surface area (Å²) in [4.78, 5) is 2.05. The lowest BCUT2D eigenvalue weighted by Crippen LogP contribution is -2.19. The van der Waals surface area contributed by atoms with Gasteiger partial charge in [-0.05, 0) is 14.1 Å². The Balaban J connectivity index is 2.14. The average Bonchev–Trinajstić information content (AvgIpc) is 2.39. The van der Waals surface area contributed by atoms with Gasteiger partial charge in [-0.2, -0.15) is 0 Å². The van der Waals surface area contributed by atoms with Crippen molar-refractivity contribution >= 4 is 0 Å². The van der Waals surface area contributed by atoms with Crippen LogP contribution in [0.5, 0.6) is 5.75 Å². The minimum absolute atomic E-state index is 0.661. The standard InChI is InChI=1S/C7H12N2O2/c1-9(2)3-4-10-7-5-8-11-6-7/h5-6H,3-4H2,1-2H3. The first-order valence-corrected chi connectivity index (χ1v) is 3.46. The van der Waals surface area contributed by atoms with E-state index in [1.807, 2.05) is 19.0 Å². The van der Waals surface area contributed by atoms with Crippen molar-refractivity contribution < 1.29 is 9.26 Å². The van der Waals surface area contributed by atoms with Gasteiger partial charge in [0.25, 0.3) is 0 Å². The molecule has 4 nitrogen and oxygen atoms in total. The van der Waals surface area contributed by atoms with Crippen LogP contribution in [-0.4, -0.2) is 37.3 Å². The summed E-state index contributed by atoms with van der Waals surface area (Å²) in [5, 5.41) is 3.51. The Labute approximate surface area is 65.7 Å². The van der Waals surface area contributed by atoms with Crippen LogP contribution in [0.4, 0.5) is 0 Å². The summed E-state index contributed by atoms with van der Waals surface area (Å²) in [7, 11) is 3.99. The molecule has 4 heteroatoms. The zero-order chi connectivity index (χ0) is 8.10. The summed E-state index contributed by atoms with van der Waals surface area (Å²) in [6, 6.07) is 0. The van der Waals surface area contributed by atoms with Gasteiger partial charge in [-0.15, -0.1) is 0 Å². The van der Waals surface area contributed by atoms with E-state index in [4.69, 9.17) is 4.74 Å². The Kier molecular flexibility index (Phi) is 2.92. The second kappa shape index (κ2) is 3.98. The van der Waals surface area contributed by atoms with Crippen molar-refractivity contribution in [1.29, 1.82) is 0 Å².